The molecule has 1 aromatic heterocycles. The third-order valence-corrected chi connectivity index (χ3v) is 5.40. The molecule has 1 aromatic carbocycles. The fourth-order valence-electron chi connectivity index (χ4n) is 3.93. The van der Waals surface area contributed by atoms with E-state index in [2.05, 4.69) is 5.32 Å². The largest absolute Gasteiger partial charge is 0.423 e. The van der Waals surface area contributed by atoms with Gasteiger partial charge in [0.2, 0.25) is 17.7 Å². The van der Waals surface area contributed by atoms with E-state index in [4.69, 9.17) is 4.42 Å². The molecule has 7 heteroatoms. The van der Waals surface area contributed by atoms with Gasteiger partial charge in [-0.2, -0.15) is 0 Å². The molecule has 2 atom stereocenters. The molecule has 1 N–H and O–H groups in total. The van der Waals surface area contributed by atoms with Crippen molar-refractivity contribution in [2.75, 3.05) is 11.9 Å². The van der Waals surface area contributed by atoms with Crippen molar-refractivity contribution in [3.8, 4) is 0 Å². The Bertz CT molecular complexity index is 1040. The van der Waals surface area contributed by atoms with Gasteiger partial charge in [-0.05, 0) is 37.5 Å². The van der Waals surface area contributed by atoms with Crippen LogP contribution in [0.2, 0.25) is 0 Å². The molecule has 2 aliphatic rings. The molecule has 2 aromatic rings. The molecule has 28 heavy (non-hydrogen) atoms. The summed E-state index contributed by atoms with van der Waals surface area (Å²) in [5.74, 6) is -1.26. The molecule has 2 heterocycles. The van der Waals surface area contributed by atoms with Crippen LogP contribution >= 0.6 is 0 Å². The summed E-state index contributed by atoms with van der Waals surface area (Å²) in [6.07, 6.45) is 5.05. The van der Waals surface area contributed by atoms with E-state index in [0.29, 0.717) is 24.1 Å². The maximum absolute atomic E-state index is 12.4. The van der Waals surface area contributed by atoms with Crippen molar-refractivity contribution in [2.24, 2.45) is 11.8 Å². The monoisotopic (exact) mass is 380 g/mol. The highest BCUT2D eigenvalue weighted by Crippen LogP contribution is 2.35. The second kappa shape index (κ2) is 7.07. The highest BCUT2D eigenvalue weighted by molar-refractivity contribution is 6.06. The van der Waals surface area contributed by atoms with Crippen LogP contribution in [0.5, 0.6) is 0 Å². The van der Waals surface area contributed by atoms with E-state index in [9.17, 15) is 19.2 Å². The summed E-state index contributed by atoms with van der Waals surface area (Å²) < 4.78 is 5.18. The van der Waals surface area contributed by atoms with Gasteiger partial charge in [0.15, 0.2) is 0 Å². The maximum atomic E-state index is 12.4. The van der Waals surface area contributed by atoms with Crippen molar-refractivity contribution >= 4 is 34.4 Å². The Morgan fingerprint density at radius 3 is 2.46 bits per heavy atom. The quantitative estimate of drug-likeness (QED) is 0.499. The number of fused-ring (bicyclic) bond motifs is 2. The first kappa shape index (κ1) is 18.2. The van der Waals surface area contributed by atoms with Crippen LogP contribution in [0.15, 0.2) is 45.6 Å². The predicted molar refractivity (Wildman–Crippen MR) is 103 cm³/mol. The minimum Gasteiger partial charge on any atom is -0.423 e. The van der Waals surface area contributed by atoms with Crippen LogP contribution in [0.4, 0.5) is 5.69 Å². The average molecular weight is 380 g/mol. The number of rotatable bonds is 4. The number of imide groups is 1. The molecule has 144 valence electrons. The smallest absolute Gasteiger partial charge is 0.336 e. The first-order valence-corrected chi connectivity index (χ1v) is 9.28. The van der Waals surface area contributed by atoms with E-state index in [1.807, 2.05) is 19.1 Å². The molecule has 3 amide bonds. The van der Waals surface area contributed by atoms with Gasteiger partial charge < -0.3 is 9.73 Å². The number of likely N-dealkylation sites (tertiary alicyclic amines) is 1. The van der Waals surface area contributed by atoms with Crippen molar-refractivity contribution in [1.29, 1.82) is 0 Å². The zero-order chi connectivity index (χ0) is 19.8. The Labute approximate surface area is 161 Å². The second-order valence-corrected chi connectivity index (χ2v) is 7.24. The van der Waals surface area contributed by atoms with E-state index in [-0.39, 0.29) is 42.5 Å². The molecule has 0 saturated carbocycles. The first-order chi connectivity index (χ1) is 13.4. The van der Waals surface area contributed by atoms with Crippen molar-refractivity contribution < 1.29 is 18.8 Å². The summed E-state index contributed by atoms with van der Waals surface area (Å²) in [6.45, 7) is 1.88. The minimum atomic E-state index is -0.449. The van der Waals surface area contributed by atoms with Gasteiger partial charge in [0.25, 0.3) is 0 Å². The SMILES string of the molecule is Cc1cc(=O)oc2cc(NC(=O)CCN3C(=O)[C@H]4CC=CC[C@H]4C3=O)ccc12. The van der Waals surface area contributed by atoms with E-state index in [1.54, 1.807) is 18.2 Å². The normalized spacial score (nSPS) is 21.2. The van der Waals surface area contributed by atoms with Crippen molar-refractivity contribution in [2.45, 2.75) is 26.2 Å². The third kappa shape index (κ3) is 3.24. The van der Waals surface area contributed by atoms with Crippen LogP contribution < -0.4 is 10.9 Å². The maximum Gasteiger partial charge on any atom is 0.336 e. The fraction of sp³-hybridized carbons (Fsp3) is 0.333. The number of allylic oxidation sites excluding steroid dienone is 2. The number of aryl methyl sites for hydroxylation is 1. The summed E-state index contributed by atoms with van der Waals surface area (Å²) >= 11 is 0. The number of hydrogen-bond donors (Lipinski definition) is 1. The van der Waals surface area contributed by atoms with E-state index in [0.717, 1.165) is 10.9 Å². The van der Waals surface area contributed by atoms with Gasteiger partial charge in [-0.1, -0.05) is 12.2 Å². The lowest BCUT2D eigenvalue weighted by Gasteiger charge is -2.14. The molecular weight excluding hydrogens is 360 g/mol. The zero-order valence-electron chi connectivity index (χ0n) is 15.4. The number of carbonyl (C=O) groups is 3. The summed E-state index contributed by atoms with van der Waals surface area (Å²) in [5.41, 5.74) is 1.23. The molecule has 1 aliphatic carbocycles. The molecule has 0 bridgehead atoms. The van der Waals surface area contributed by atoms with Crippen LogP contribution in [0.3, 0.4) is 0 Å². The molecule has 7 nitrogen and oxygen atoms in total. The molecule has 1 fully saturated rings. The number of hydrogen-bond acceptors (Lipinski definition) is 5. The van der Waals surface area contributed by atoms with Gasteiger partial charge in [-0.25, -0.2) is 4.79 Å². The number of nitrogens with zero attached hydrogens (tertiary/aromatic N) is 1. The van der Waals surface area contributed by atoms with Crippen molar-refractivity contribution in [3.63, 3.8) is 0 Å². The van der Waals surface area contributed by atoms with E-state index in [1.165, 1.54) is 11.0 Å². The lowest BCUT2D eigenvalue weighted by molar-refractivity contribution is -0.140. The Balaban J connectivity index is 1.41. The van der Waals surface area contributed by atoms with E-state index >= 15 is 0 Å². The van der Waals surface area contributed by atoms with Gasteiger partial charge in [0.1, 0.15) is 5.58 Å². The van der Waals surface area contributed by atoms with Gasteiger partial charge >= 0.3 is 5.63 Å². The summed E-state index contributed by atoms with van der Waals surface area (Å²) in [6, 6.07) is 6.50. The molecule has 0 spiro atoms. The summed E-state index contributed by atoms with van der Waals surface area (Å²) in [4.78, 5) is 49.9. The van der Waals surface area contributed by atoms with Crippen molar-refractivity contribution in [1.82, 2.24) is 4.90 Å². The van der Waals surface area contributed by atoms with E-state index < -0.39 is 5.63 Å². The average Bonchev–Trinajstić information content (AvgIpc) is 2.90. The van der Waals surface area contributed by atoms with Gasteiger partial charge in [-0.15, -0.1) is 0 Å². The second-order valence-electron chi connectivity index (χ2n) is 7.24. The molecule has 0 unspecified atom stereocenters. The molecule has 1 saturated heterocycles. The molecular formula is C21H20N2O5. The fourth-order valence-corrected chi connectivity index (χ4v) is 3.93. The van der Waals surface area contributed by atoms with Gasteiger partial charge in [-0.3, -0.25) is 19.3 Å². The van der Waals surface area contributed by atoms with Crippen LogP contribution in [0.1, 0.15) is 24.8 Å². The Morgan fingerprint density at radius 2 is 1.79 bits per heavy atom. The summed E-state index contributed by atoms with van der Waals surface area (Å²) in [7, 11) is 0. The Hall–Kier alpha value is -3.22. The number of benzene rings is 1. The molecule has 4 rings (SSSR count). The summed E-state index contributed by atoms with van der Waals surface area (Å²) in [5, 5.41) is 3.52. The highest BCUT2D eigenvalue weighted by atomic mass is 16.4. The highest BCUT2D eigenvalue weighted by Gasteiger charge is 2.46. The number of nitrogens with one attached hydrogen (secondary N) is 1. The Morgan fingerprint density at radius 1 is 1.11 bits per heavy atom. The first-order valence-electron chi connectivity index (χ1n) is 9.28. The lowest BCUT2D eigenvalue weighted by Crippen LogP contribution is -2.34. The lowest BCUT2D eigenvalue weighted by atomic mass is 9.85. The van der Waals surface area contributed by atoms with Crippen LogP contribution in [-0.4, -0.2) is 29.2 Å². The van der Waals surface area contributed by atoms with Crippen LogP contribution in [0, 0.1) is 18.8 Å². The zero-order valence-corrected chi connectivity index (χ0v) is 15.4. The van der Waals surface area contributed by atoms with Crippen LogP contribution in [-0.2, 0) is 14.4 Å². The van der Waals surface area contributed by atoms with Crippen molar-refractivity contribution in [3.05, 3.63) is 52.4 Å². The standard InChI is InChI=1S/C21H20N2O5/c1-12-10-19(25)28-17-11-13(6-7-14(12)17)22-18(24)8-9-23-20(26)15-4-2-3-5-16(15)21(23)27/h2-3,6-7,10-11,15-16H,4-5,8-9H2,1H3,(H,22,24)/t15-,16+. The third-order valence-electron chi connectivity index (χ3n) is 5.40. The molecule has 0 radical (unpaired) electrons. The topological polar surface area (TPSA) is 96.7 Å². The number of carbonyl (C=O) groups excluding carboxylic acids is 3. The number of anilines is 1. The molecule has 1 aliphatic heterocycles. The number of amides is 3. The van der Waals surface area contributed by atoms with Gasteiger partial charge in [0.05, 0.1) is 11.8 Å². The minimum absolute atomic E-state index is 0.0140. The van der Waals surface area contributed by atoms with Crippen LogP contribution in [0.25, 0.3) is 11.0 Å². The Kier molecular flexibility index (Phi) is 4.58. The predicted octanol–water partition coefficient (Wildman–Crippen LogP) is 2.38. The van der Waals surface area contributed by atoms with Gasteiger partial charge in [0, 0.05) is 36.2 Å².